The van der Waals surface area contributed by atoms with Gasteiger partial charge in [-0.15, -0.1) is 0 Å². The van der Waals surface area contributed by atoms with Crippen molar-refractivity contribution in [1.82, 2.24) is 4.98 Å². The van der Waals surface area contributed by atoms with E-state index in [0.29, 0.717) is 12.5 Å². The summed E-state index contributed by atoms with van der Waals surface area (Å²) in [7, 11) is 0. The second-order valence-corrected chi connectivity index (χ2v) is 4.13. The third-order valence-electron chi connectivity index (χ3n) is 2.61. The molecule has 3 heteroatoms. The van der Waals surface area contributed by atoms with Crippen molar-refractivity contribution in [1.29, 1.82) is 0 Å². The van der Waals surface area contributed by atoms with Gasteiger partial charge in [0, 0.05) is 12.6 Å². The van der Waals surface area contributed by atoms with Crippen LogP contribution in [0, 0.1) is 6.92 Å². The monoisotopic (exact) mass is 242 g/mol. The van der Waals surface area contributed by atoms with Crippen molar-refractivity contribution < 1.29 is 4.74 Å². The zero-order chi connectivity index (χ0) is 12.8. The lowest BCUT2D eigenvalue weighted by Gasteiger charge is -2.08. The zero-order valence-electron chi connectivity index (χ0n) is 10.8. The number of ether oxygens (including phenoxy) is 1. The summed E-state index contributed by atoms with van der Waals surface area (Å²) in [5.74, 6) is 1.49. The van der Waals surface area contributed by atoms with Crippen LogP contribution in [-0.4, -0.2) is 11.6 Å². The van der Waals surface area contributed by atoms with Crippen LogP contribution in [0.25, 0.3) is 0 Å². The van der Waals surface area contributed by atoms with E-state index in [4.69, 9.17) is 4.74 Å². The molecule has 0 atom stereocenters. The molecule has 0 saturated carbocycles. The smallest absolute Gasteiger partial charge is 0.215 e. The summed E-state index contributed by atoms with van der Waals surface area (Å²) >= 11 is 0. The van der Waals surface area contributed by atoms with E-state index >= 15 is 0 Å². The predicted molar refractivity (Wildman–Crippen MR) is 73.9 cm³/mol. The number of nitrogens with one attached hydrogen (secondary N) is 1. The molecule has 2 aromatic rings. The highest BCUT2D eigenvalue weighted by Crippen LogP contribution is 2.12. The second kappa shape index (κ2) is 6.05. The van der Waals surface area contributed by atoms with Crippen molar-refractivity contribution in [2.24, 2.45) is 0 Å². The summed E-state index contributed by atoms with van der Waals surface area (Å²) in [4.78, 5) is 4.36. The van der Waals surface area contributed by atoms with Crippen molar-refractivity contribution in [3.05, 3.63) is 53.6 Å². The molecule has 1 aromatic carbocycles. The SMILES string of the molecule is CCOc1cccc(NCc2ccc(C)cc2)n1. The van der Waals surface area contributed by atoms with Gasteiger partial charge in [-0.1, -0.05) is 35.9 Å². The van der Waals surface area contributed by atoms with Gasteiger partial charge in [0.15, 0.2) is 0 Å². The minimum Gasteiger partial charge on any atom is -0.478 e. The molecule has 0 aliphatic heterocycles. The normalized spacial score (nSPS) is 10.1. The summed E-state index contributed by atoms with van der Waals surface area (Å²) in [6.07, 6.45) is 0. The van der Waals surface area contributed by atoms with Crippen molar-refractivity contribution in [2.45, 2.75) is 20.4 Å². The van der Waals surface area contributed by atoms with Gasteiger partial charge in [0.2, 0.25) is 5.88 Å². The van der Waals surface area contributed by atoms with E-state index in [-0.39, 0.29) is 0 Å². The van der Waals surface area contributed by atoms with E-state index in [0.717, 1.165) is 12.4 Å². The number of hydrogen-bond donors (Lipinski definition) is 1. The molecular formula is C15H18N2O. The molecule has 2 rings (SSSR count). The van der Waals surface area contributed by atoms with Crippen LogP contribution in [0.3, 0.4) is 0 Å². The lowest BCUT2D eigenvalue weighted by Crippen LogP contribution is -2.02. The fraction of sp³-hybridized carbons (Fsp3) is 0.267. The van der Waals surface area contributed by atoms with Crippen LogP contribution in [0.4, 0.5) is 5.82 Å². The van der Waals surface area contributed by atoms with Gasteiger partial charge >= 0.3 is 0 Å². The molecule has 1 N–H and O–H groups in total. The molecule has 0 saturated heterocycles. The first-order valence-corrected chi connectivity index (χ1v) is 6.17. The number of aryl methyl sites for hydroxylation is 1. The van der Waals surface area contributed by atoms with Crippen molar-refractivity contribution in [3.63, 3.8) is 0 Å². The summed E-state index contributed by atoms with van der Waals surface area (Å²) in [6.45, 7) is 5.44. The molecule has 1 heterocycles. The van der Waals surface area contributed by atoms with Gasteiger partial charge in [0.25, 0.3) is 0 Å². The van der Waals surface area contributed by atoms with E-state index in [1.54, 1.807) is 0 Å². The Morgan fingerprint density at radius 2 is 1.89 bits per heavy atom. The average Bonchev–Trinajstić information content (AvgIpc) is 2.39. The quantitative estimate of drug-likeness (QED) is 0.872. The third-order valence-corrected chi connectivity index (χ3v) is 2.61. The number of benzene rings is 1. The molecule has 1 aromatic heterocycles. The lowest BCUT2D eigenvalue weighted by atomic mass is 10.1. The van der Waals surface area contributed by atoms with E-state index in [1.165, 1.54) is 11.1 Å². The molecule has 0 spiro atoms. The Bertz CT molecular complexity index is 494. The first-order chi connectivity index (χ1) is 8.78. The number of pyridine rings is 1. The van der Waals surface area contributed by atoms with Gasteiger partial charge in [-0.3, -0.25) is 0 Å². The molecule has 0 amide bonds. The number of aromatic nitrogens is 1. The zero-order valence-corrected chi connectivity index (χ0v) is 10.8. The van der Waals surface area contributed by atoms with Gasteiger partial charge in [-0.2, -0.15) is 4.98 Å². The fourth-order valence-corrected chi connectivity index (χ4v) is 1.64. The molecule has 0 unspecified atom stereocenters. The molecule has 0 aliphatic rings. The minimum absolute atomic E-state index is 0.633. The molecule has 0 radical (unpaired) electrons. The molecule has 94 valence electrons. The van der Waals surface area contributed by atoms with Crippen LogP contribution in [0.1, 0.15) is 18.1 Å². The largest absolute Gasteiger partial charge is 0.478 e. The highest BCUT2D eigenvalue weighted by molar-refractivity contribution is 5.38. The van der Waals surface area contributed by atoms with E-state index in [2.05, 4.69) is 41.5 Å². The van der Waals surface area contributed by atoms with Gasteiger partial charge in [0.1, 0.15) is 5.82 Å². The Kier molecular flexibility index (Phi) is 4.18. The third kappa shape index (κ3) is 3.48. The highest BCUT2D eigenvalue weighted by Gasteiger charge is 1.98. The van der Waals surface area contributed by atoms with Crippen LogP contribution < -0.4 is 10.1 Å². The van der Waals surface area contributed by atoms with Crippen LogP contribution in [-0.2, 0) is 6.54 Å². The van der Waals surface area contributed by atoms with Crippen LogP contribution >= 0.6 is 0 Å². The molecular weight excluding hydrogens is 224 g/mol. The average molecular weight is 242 g/mol. The van der Waals surface area contributed by atoms with Crippen LogP contribution in [0.15, 0.2) is 42.5 Å². The van der Waals surface area contributed by atoms with Gasteiger partial charge in [-0.05, 0) is 25.5 Å². The van der Waals surface area contributed by atoms with E-state index < -0.39 is 0 Å². The van der Waals surface area contributed by atoms with Crippen LogP contribution in [0.5, 0.6) is 5.88 Å². The number of hydrogen-bond acceptors (Lipinski definition) is 3. The van der Waals surface area contributed by atoms with Crippen molar-refractivity contribution >= 4 is 5.82 Å². The maximum absolute atomic E-state index is 5.36. The topological polar surface area (TPSA) is 34.1 Å². The predicted octanol–water partition coefficient (Wildman–Crippen LogP) is 3.40. The summed E-state index contributed by atoms with van der Waals surface area (Å²) in [5.41, 5.74) is 2.51. The molecule has 0 fully saturated rings. The van der Waals surface area contributed by atoms with Crippen molar-refractivity contribution in [3.8, 4) is 5.88 Å². The maximum atomic E-state index is 5.36. The first kappa shape index (κ1) is 12.4. The Balaban J connectivity index is 1.97. The molecule has 18 heavy (non-hydrogen) atoms. The van der Waals surface area contributed by atoms with E-state index in [1.807, 2.05) is 25.1 Å². The number of nitrogens with zero attached hydrogens (tertiary/aromatic N) is 1. The Morgan fingerprint density at radius 1 is 1.11 bits per heavy atom. The number of anilines is 1. The van der Waals surface area contributed by atoms with Gasteiger partial charge < -0.3 is 10.1 Å². The second-order valence-electron chi connectivity index (χ2n) is 4.13. The Labute approximate surface area is 108 Å². The van der Waals surface area contributed by atoms with Gasteiger partial charge in [0.05, 0.1) is 6.61 Å². The highest BCUT2D eigenvalue weighted by atomic mass is 16.5. The van der Waals surface area contributed by atoms with Crippen LogP contribution in [0.2, 0.25) is 0 Å². The lowest BCUT2D eigenvalue weighted by molar-refractivity contribution is 0.327. The Morgan fingerprint density at radius 3 is 2.61 bits per heavy atom. The van der Waals surface area contributed by atoms with E-state index in [9.17, 15) is 0 Å². The fourth-order valence-electron chi connectivity index (χ4n) is 1.64. The standard InChI is InChI=1S/C15H18N2O/c1-3-18-15-6-4-5-14(17-15)16-11-13-9-7-12(2)8-10-13/h4-10H,3,11H2,1-2H3,(H,16,17). The van der Waals surface area contributed by atoms with Gasteiger partial charge in [-0.25, -0.2) is 0 Å². The number of rotatable bonds is 5. The summed E-state index contributed by atoms with van der Waals surface area (Å²) in [6, 6.07) is 14.2. The molecule has 3 nitrogen and oxygen atoms in total. The van der Waals surface area contributed by atoms with Crippen molar-refractivity contribution in [2.75, 3.05) is 11.9 Å². The Hall–Kier alpha value is -2.03. The molecule has 0 bridgehead atoms. The first-order valence-electron chi connectivity index (χ1n) is 6.17. The molecule has 0 aliphatic carbocycles. The summed E-state index contributed by atoms with van der Waals surface area (Å²) < 4.78 is 5.36. The summed E-state index contributed by atoms with van der Waals surface area (Å²) in [5, 5.41) is 3.29. The maximum Gasteiger partial charge on any atom is 0.215 e. The minimum atomic E-state index is 0.633.